The molecule has 1 aliphatic heterocycles. The highest BCUT2D eigenvalue weighted by atomic mass is 16.6. The Hall–Kier alpha value is -1.07. The van der Waals surface area contributed by atoms with Crippen LogP contribution in [0.1, 0.15) is 41.5 Å². The Labute approximate surface area is 115 Å². The first-order valence-electron chi connectivity index (χ1n) is 6.55. The Bertz CT molecular complexity index is 357. The number of hydrogen-bond donors (Lipinski definition) is 1. The summed E-state index contributed by atoms with van der Waals surface area (Å²) in [7, 11) is 0. The third-order valence-corrected chi connectivity index (χ3v) is 2.89. The van der Waals surface area contributed by atoms with Crippen LogP contribution in [0.15, 0.2) is 12.2 Å². The molecule has 0 radical (unpaired) electrons. The van der Waals surface area contributed by atoms with Crippen LogP contribution in [0.2, 0.25) is 0 Å². The first-order valence-corrected chi connectivity index (χ1v) is 6.55. The molecule has 5 nitrogen and oxygen atoms in total. The number of aliphatic hydroxyl groups excluding tert-OH is 1. The highest BCUT2D eigenvalue weighted by Crippen LogP contribution is 2.31. The van der Waals surface area contributed by atoms with Gasteiger partial charge in [0.25, 0.3) is 0 Å². The van der Waals surface area contributed by atoms with E-state index >= 15 is 0 Å². The van der Waals surface area contributed by atoms with Crippen LogP contribution in [0.5, 0.6) is 0 Å². The first kappa shape index (κ1) is 16.0. The largest absolute Gasteiger partial charge is 0.444 e. The maximum Gasteiger partial charge on any atom is 0.413 e. The SMILES string of the molecule is CC=CC(O)C1COC(C)(C)N1C(=O)OC(C)(C)C. The molecule has 0 spiro atoms. The molecule has 2 atom stereocenters. The molecule has 110 valence electrons. The number of amides is 1. The normalized spacial score (nSPS) is 24.8. The second-order valence-corrected chi connectivity index (χ2v) is 6.19. The van der Waals surface area contributed by atoms with Crippen molar-refractivity contribution in [2.24, 2.45) is 0 Å². The van der Waals surface area contributed by atoms with E-state index < -0.39 is 29.6 Å². The minimum Gasteiger partial charge on any atom is -0.444 e. The average Bonchev–Trinajstić information content (AvgIpc) is 2.51. The lowest BCUT2D eigenvalue weighted by Crippen LogP contribution is -2.53. The molecular weight excluding hydrogens is 246 g/mol. The van der Waals surface area contributed by atoms with Crippen molar-refractivity contribution >= 4 is 6.09 Å². The zero-order chi connectivity index (χ0) is 14.8. The van der Waals surface area contributed by atoms with Crippen molar-refractivity contribution in [3.63, 3.8) is 0 Å². The van der Waals surface area contributed by atoms with Crippen molar-refractivity contribution in [3.8, 4) is 0 Å². The van der Waals surface area contributed by atoms with Gasteiger partial charge >= 0.3 is 6.09 Å². The van der Waals surface area contributed by atoms with E-state index in [1.807, 2.05) is 27.7 Å². The lowest BCUT2D eigenvalue weighted by Gasteiger charge is -2.36. The Morgan fingerprint density at radius 1 is 1.53 bits per heavy atom. The molecule has 0 aromatic heterocycles. The molecule has 1 fully saturated rings. The fourth-order valence-electron chi connectivity index (χ4n) is 2.08. The van der Waals surface area contributed by atoms with Crippen molar-refractivity contribution in [1.82, 2.24) is 4.90 Å². The van der Waals surface area contributed by atoms with Gasteiger partial charge in [0.15, 0.2) is 0 Å². The van der Waals surface area contributed by atoms with Gasteiger partial charge in [0.05, 0.1) is 18.8 Å². The van der Waals surface area contributed by atoms with E-state index in [1.54, 1.807) is 26.0 Å². The standard InChI is InChI=1S/C14H25NO4/c1-7-8-11(16)10-9-18-14(5,6)15(10)12(17)19-13(2,3)4/h7-8,10-11,16H,9H2,1-6H3. The van der Waals surface area contributed by atoms with Gasteiger partial charge in [-0.15, -0.1) is 0 Å². The highest BCUT2D eigenvalue weighted by molar-refractivity contribution is 5.70. The summed E-state index contributed by atoms with van der Waals surface area (Å²) in [5, 5.41) is 10.1. The Morgan fingerprint density at radius 2 is 2.11 bits per heavy atom. The minimum absolute atomic E-state index is 0.289. The molecule has 1 rings (SSSR count). The molecule has 0 aromatic rings. The zero-order valence-electron chi connectivity index (χ0n) is 12.6. The number of nitrogens with zero attached hydrogens (tertiary/aromatic N) is 1. The molecule has 1 N–H and O–H groups in total. The van der Waals surface area contributed by atoms with Crippen LogP contribution >= 0.6 is 0 Å². The maximum atomic E-state index is 12.3. The van der Waals surface area contributed by atoms with Crippen LogP contribution in [0.3, 0.4) is 0 Å². The van der Waals surface area contributed by atoms with Gasteiger partial charge in [-0.05, 0) is 41.5 Å². The van der Waals surface area contributed by atoms with Gasteiger partial charge in [0.1, 0.15) is 11.3 Å². The van der Waals surface area contributed by atoms with Crippen LogP contribution in [-0.2, 0) is 9.47 Å². The van der Waals surface area contributed by atoms with Crippen molar-refractivity contribution in [3.05, 3.63) is 12.2 Å². The van der Waals surface area contributed by atoms with Gasteiger partial charge < -0.3 is 14.6 Å². The van der Waals surface area contributed by atoms with Crippen LogP contribution < -0.4 is 0 Å². The molecule has 19 heavy (non-hydrogen) atoms. The monoisotopic (exact) mass is 271 g/mol. The molecule has 1 amide bonds. The van der Waals surface area contributed by atoms with E-state index in [9.17, 15) is 9.90 Å². The fraction of sp³-hybridized carbons (Fsp3) is 0.786. The number of hydrogen-bond acceptors (Lipinski definition) is 4. The Balaban J connectivity index is 2.93. The summed E-state index contributed by atoms with van der Waals surface area (Å²) < 4.78 is 11.0. The van der Waals surface area contributed by atoms with Gasteiger partial charge in [-0.2, -0.15) is 0 Å². The molecule has 0 saturated carbocycles. The second kappa shape index (κ2) is 5.51. The third kappa shape index (κ3) is 3.94. The van der Waals surface area contributed by atoms with E-state index in [0.717, 1.165) is 0 Å². The van der Waals surface area contributed by atoms with Gasteiger partial charge in [-0.1, -0.05) is 12.2 Å². The zero-order valence-corrected chi connectivity index (χ0v) is 12.6. The van der Waals surface area contributed by atoms with E-state index in [4.69, 9.17) is 9.47 Å². The summed E-state index contributed by atoms with van der Waals surface area (Å²) in [6, 6.07) is -0.430. The summed E-state index contributed by atoms with van der Waals surface area (Å²) in [6.07, 6.45) is 2.17. The molecule has 1 heterocycles. The van der Waals surface area contributed by atoms with Crippen LogP contribution in [-0.4, -0.2) is 46.2 Å². The predicted molar refractivity (Wildman–Crippen MR) is 72.7 cm³/mol. The fourth-order valence-corrected chi connectivity index (χ4v) is 2.08. The van der Waals surface area contributed by atoms with E-state index in [0.29, 0.717) is 0 Å². The summed E-state index contributed by atoms with van der Waals surface area (Å²) >= 11 is 0. The molecular formula is C14H25NO4. The molecule has 5 heteroatoms. The van der Waals surface area contributed by atoms with Gasteiger partial charge in [-0.3, -0.25) is 4.90 Å². The average molecular weight is 271 g/mol. The van der Waals surface area contributed by atoms with E-state index in [1.165, 1.54) is 4.90 Å². The number of allylic oxidation sites excluding steroid dienone is 1. The van der Waals surface area contributed by atoms with Crippen molar-refractivity contribution in [2.45, 2.75) is 65.0 Å². The molecule has 2 unspecified atom stereocenters. The van der Waals surface area contributed by atoms with Gasteiger partial charge in [-0.25, -0.2) is 4.79 Å². The number of carbonyl (C=O) groups is 1. The first-order chi connectivity index (χ1) is 8.58. The lowest BCUT2D eigenvalue weighted by atomic mass is 10.1. The topological polar surface area (TPSA) is 59.0 Å². The van der Waals surface area contributed by atoms with Crippen LogP contribution in [0.25, 0.3) is 0 Å². The number of ether oxygens (including phenoxy) is 2. The van der Waals surface area contributed by atoms with Gasteiger partial charge in [0.2, 0.25) is 0 Å². The maximum absolute atomic E-state index is 12.3. The quantitative estimate of drug-likeness (QED) is 0.783. The molecule has 0 aliphatic carbocycles. The van der Waals surface area contributed by atoms with E-state index in [2.05, 4.69) is 0 Å². The number of rotatable bonds is 2. The second-order valence-electron chi connectivity index (χ2n) is 6.19. The number of carbonyl (C=O) groups excluding carboxylic acids is 1. The van der Waals surface area contributed by atoms with Crippen LogP contribution in [0, 0.1) is 0 Å². The Kier molecular flexibility index (Phi) is 4.63. The van der Waals surface area contributed by atoms with Crippen molar-refractivity contribution in [2.75, 3.05) is 6.61 Å². The Morgan fingerprint density at radius 3 is 2.58 bits per heavy atom. The van der Waals surface area contributed by atoms with Crippen molar-refractivity contribution in [1.29, 1.82) is 0 Å². The molecule has 1 saturated heterocycles. The molecule has 0 aromatic carbocycles. The summed E-state index contributed by atoms with van der Waals surface area (Å²) in [6.45, 7) is 11.1. The predicted octanol–water partition coefficient (Wildman–Crippen LogP) is 2.30. The van der Waals surface area contributed by atoms with Gasteiger partial charge in [0, 0.05) is 0 Å². The van der Waals surface area contributed by atoms with Crippen LogP contribution in [0.4, 0.5) is 4.79 Å². The summed E-state index contributed by atoms with van der Waals surface area (Å²) in [5.41, 5.74) is -1.36. The molecule has 1 aliphatic rings. The smallest absolute Gasteiger partial charge is 0.413 e. The summed E-state index contributed by atoms with van der Waals surface area (Å²) in [5.74, 6) is 0. The molecule has 0 bridgehead atoms. The lowest BCUT2D eigenvalue weighted by molar-refractivity contribution is -0.0660. The minimum atomic E-state index is -0.782. The highest BCUT2D eigenvalue weighted by Gasteiger charge is 2.47. The van der Waals surface area contributed by atoms with Crippen molar-refractivity contribution < 1.29 is 19.4 Å². The summed E-state index contributed by atoms with van der Waals surface area (Å²) in [4.78, 5) is 13.8. The van der Waals surface area contributed by atoms with E-state index in [-0.39, 0.29) is 6.61 Å². The number of aliphatic hydroxyl groups is 1. The third-order valence-electron chi connectivity index (χ3n) is 2.89.